The Balaban J connectivity index is 1.88. The van der Waals surface area contributed by atoms with Crippen LogP contribution in [0.4, 0.5) is 0 Å². The molecule has 8 nitrogen and oxygen atoms in total. The van der Waals surface area contributed by atoms with E-state index in [1.54, 1.807) is 9.47 Å². The second kappa shape index (κ2) is 6.46. The van der Waals surface area contributed by atoms with Crippen molar-refractivity contribution in [2.45, 2.75) is 71.5 Å². The van der Waals surface area contributed by atoms with Gasteiger partial charge >= 0.3 is 0 Å². The Bertz CT molecular complexity index is 1020. The van der Waals surface area contributed by atoms with Gasteiger partial charge in [0.1, 0.15) is 17.9 Å². The highest BCUT2D eigenvalue weighted by molar-refractivity contribution is 5.97. The van der Waals surface area contributed by atoms with Gasteiger partial charge in [-0.25, -0.2) is 0 Å². The lowest BCUT2D eigenvalue weighted by molar-refractivity contribution is -0.121. The van der Waals surface area contributed by atoms with Crippen molar-refractivity contribution < 1.29 is 9.59 Å². The molecule has 8 heteroatoms. The van der Waals surface area contributed by atoms with Gasteiger partial charge in [0.25, 0.3) is 11.5 Å². The van der Waals surface area contributed by atoms with E-state index in [1.807, 2.05) is 33.8 Å². The lowest BCUT2D eigenvalue weighted by atomic mass is 9.93. The highest BCUT2D eigenvalue weighted by Gasteiger charge is 2.35. The molecule has 2 aliphatic rings. The van der Waals surface area contributed by atoms with Crippen LogP contribution in [0.5, 0.6) is 0 Å². The summed E-state index contributed by atoms with van der Waals surface area (Å²) in [5.74, 6) is -0.329. The quantitative estimate of drug-likeness (QED) is 0.843. The van der Waals surface area contributed by atoms with Crippen LogP contribution in [0.3, 0.4) is 0 Å². The van der Waals surface area contributed by atoms with E-state index in [2.05, 4.69) is 10.4 Å². The molecule has 0 unspecified atom stereocenters. The van der Waals surface area contributed by atoms with Crippen LogP contribution in [0.1, 0.15) is 68.7 Å². The summed E-state index contributed by atoms with van der Waals surface area (Å²) >= 11 is 0. The minimum atomic E-state index is -0.272. The van der Waals surface area contributed by atoms with E-state index in [9.17, 15) is 14.4 Å². The van der Waals surface area contributed by atoms with Gasteiger partial charge in [-0.1, -0.05) is 27.7 Å². The van der Waals surface area contributed by atoms with Crippen LogP contribution in [0.25, 0.3) is 5.65 Å². The summed E-state index contributed by atoms with van der Waals surface area (Å²) in [6, 6.07) is 2.06. The molecular formula is C20H27N5O3. The molecule has 1 aliphatic heterocycles. The topological polar surface area (TPSA) is 88.7 Å². The van der Waals surface area contributed by atoms with Gasteiger partial charge in [0.2, 0.25) is 5.91 Å². The van der Waals surface area contributed by atoms with Crippen molar-refractivity contribution in [1.82, 2.24) is 24.4 Å². The van der Waals surface area contributed by atoms with Crippen molar-refractivity contribution in [2.24, 2.45) is 0 Å². The van der Waals surface area contributed by atoms with Crippen molar-refractivity contribution in [2.75, 3.05) is 6.54 Å². The zero-order valence-electron chi connectivity index (χ0n) is 16.9. The fourth-order valence-electron chi connectivity index (χ4n) is 3.64. The van der Waals surface area contributed by atoms with E-state index in [0.717, 1.165) is 25.0 Å². The van der Waals surface area contributed by atoms with E-state index in [-0.39, 0.29) is 41.9 Å². The Hall–Kier alpha value is -2.64. The van der Waals surface area contributed by atoms with Crippen LogP contribution in [0.2, 0.25) is 0 Å². The van der Waals surface area contributed by atoms with Gasteiger partial charge in [-0.2, -0.15) is 9.61 Å². The van der Waals surface area contributed by atoms with E-state index >= 15 is 0 Å². The van der Waals surface area contributed by atoms with Gasteiger partial charge in [0.05, 0.1) is 17.8 Å². The lowest BCUT2D eigenvalue weighted by Gasteiger charge is -2.15. The number of amides is 2. The summed E-state index contributed by atoms with van der Waals surface area (Å²) in [6.45, 7) is 8.90. The van der Waals surface area contributed by atoms with Crippen molar-refractivity contribution in [3.8, 4) is 0 Å². The van der Waals surface area contributed by atoms with Gasteiger partial charge in [0, 0.05) is 24.1 Å². The summed E-state index contributed by atoms with van der Waals surface area (Å²) in [6.07, 6.45) is 2.79. The molecule has 1 N–H and O–H groups in total. The summed E-state index contributed by atoms with van der Waals surface area (Å²) in [7, 11) is 0. The summed E-state index contributed by atoms with van der Waals surface area (Å²) in [4.78, 5) is 40.3. The molecule has 150 valence electrons. The van der Waals surface area contributed by atoms with Crippen molar-refractivity contribution in [1.29, 1.82) is 0 Å². The molecule has 0 spiro atoms. The number of nitrogens with zero attached hydrogens (tertiary/aromatic N) is 4. The predicted octanol–water partition coefficient (Wildman–Crippen LogP) is 1.44. The van der Waals surface area contributed by atoms with E-state index in [4.69, 9.17) is 0 Å². The summed E-state index contributed by atoms with van der Waals surface area (Å²) in [5, 5.41) is 7.49. The minimum absolute atomic E-state index is 0.00357. The monoisotopic (exact) mass is 385 g/mol. The lowest BCUT2D eigenvalue weighted by Crippen LogP contribution is -2.33. The standard InChI is InChI=1S/C20H27N5O3/c1-5-8-23-10-13-17(19(23)28)24(11-15(26)21-12-6-7-12)16-9-14(20(2,3)4)22-25(16)18(13)27/h9,12H,5-8,10-11H2,1-4H3,(H,21,26). The smallest absolute Gasteiger partial charge is 0.280 e. The number of hydrogen-bond donors (Lipinski definition) is 1. The molecule has 0 atom stereocenters. The number of carbonyl (C=O) groups excluding carboxylic acids is 2. The third kappa shape index (κ3) is 3.10. The van der Waals surface area contributed by atoms with Gasteiger partial charge in [-0.05, 0) is 19.3 Å². The number of nitrogens with one attached hydrogen (secondary N) is 1. The van der Waals surface area contributed by atoms with E-state index in [1.165, 1.54) is 4.52 Å². The molecule has 3 heterocycles. The van der Waals surface area contributed by atoms with Crippen LogP contribution in [-0.2, 0) is 23.3 Å². The zero-order valence-corrected chi connectivity index (χ0v) is 16.9. The van der Waals surface area contributed by atoms with Gasteiger partial charge in [-0.15, -0.1) is 0 Å². The number of rotatable bonds is 5. The third-order valence-corrected chi connectivity index (χ3v) is 5.32. The van der Waals surface area contributed by atoms with Crippen molar-refractivity contribution in [3.05, 3.63) is 33.4 Å². The highest BCUT2D eigenvalue weighted by Crippen LogP contribution is 2.26. The van der Waals surface area contributed by atoms with Crippen LogP contribution < -0.4 is 10.9 Å². The van der Waals surface area contributed by atoms with Crippen LogP contribution >= 0.6 is 0 Å². The fourth-order valence-corrected chi connectivity index (χ4v) is 3.64. The molecule has 2 aromatic rings. The number of carbonyl (C=O) groups is 2. The third-order valence-electron chi connectivity index (χ3n) is 5.32. The first-order valence-corrected chi connectivity index (χ1v) is 9.95. The van der Waals surface area contributed by atoms with Crippen molar-refractivity contribution in [3.63, 3.8) is 0 Å². The maximum Gasteiger partial charge on any atom is 0.280 e. The maximum atomic E-state index is 13.1. The molecule has 1 fully saturated rings. The van der Waals surface area contributed by atoms with Crippen molar-refractivity contribution >= 4 is 17.5 Å². The molecule has 2 amide bonds. The first-order valence-electron chi connectivity index (χ1n) is 9.95. The molecule has 28 heavy (non-hydrogen) atoms. The Morgan fingerprint density at radius 2 is 2.00 bits per heavy atom. The van der Waals surface area contributed by atoms with Crippen LogP contribution in [-0.4, -0.2) is 43.5 Å². The minimum Gasteiger partial charge on any atom is -0.352 e. The summed E-state index contributed by atoms with van der Waals surface area (Å²) in [5.41, 5.74) is 1.47. The molecule has 0 bridgehead atoms. The largest absolute Gasteiger partial charge is 0.352 e. The number of fused-ring (bicyclic) bond motifs is 2. The molecule has 0 aromatic carbocycles. The Labute approximate surface area is 163 Å². The molecule has 0 radical (unpaired) electrons. The molecular weight excluding hydrogens is 358 g/mol. The summed E-state index contributed by atoms with van der Waals surface area (Å²) < 4.78 is 3.03. The predicted molar refractivity (Wildman–Crippen MR) is 104 cm³/mol. The molecule has 1 saturated carbocycles. The number of hydrogen-bond acceptors (Lipinski definition) is 4. The van der Waals surface area contributed by atoms with E-state index in [0.29, 0.717) is 23.4 Å². The van der Waals surface area contributed by atoms with Crippen LogP contribution in [0.15, 0.2) is 10.9 Å². The maximum absolute atomic E-state index is 13.1. The Kier molecular flexibility index (Phi) is 4.32. The average Bonchev–Trinajstić information content (AvgIpc) is 3.18. The van der Waals surface area contributed by atoms with Gasteiger partial charge in [0.15, 0.2) is 0 Å². The Morgan fingerprint density at radius 3 is 2.61 bits per heavy atom. The molecule has 2 aromatic heterocycles. The van der Waals surface area contributed by atoms with Crippen LogP contribution in [0, 0.1) is 0 Å². The second-order valence-corrected chi connectivity index (χ2v) is 8.84. The number of aromatic nitrogens is 3. The first kappa shape index (κ1) is 18.7. The molecule has 4 rings (SSSR count). The second-order valence-electron chi connectivity index (χ2n) is 8.84. The molecule has 0 saturated heterocycles. The first-order chi connectivity index (χ1) is 13.2. The molecule has 1 aliphatic carbocycles. The highest BCUT2D eigenvalue weighted by atomic mass is 16.2. The van der Waals surface area contributed by atoms with Gasteiger partial charge in [-0.3, -0.25) is 14.4 Å². The average molecular weight is 385 g/mol. The Morgan fingerprint density at radius 1 is 1.29 bits per heavy atom. The van der Waals surface area contributed by atoms with Gasteiger partial charge < -0.3 is 14.8 Å². The zero-order chi connectivity index (χ0) is 20.2. The SMILES string of the molecule is CCCN1Cc2c(n(CC(=O)NC3CC3)c3cc(C(C)(C)C)nn3c2=O)C1=O. The normalized spacial score (nSPS) is 16.7. The fraction of sp³-hybridized carbons (Fsp3) is 0.600. The van der Waals surface area contributed by atoms with E-state index < -0.39 is 0 Å².